The zero-order valence-corrected chi connectivity index (χ0v) is 12.2. The molecule has 1 aromatic carbocycles. The molecule has 1 aliphatic carbocycles. The predicted molar refractivity (Wildman–Crippen MR) is 78.4 cm³/mol. The van der Waals surface area contributed by atoms with E-state index >= 15 is 0 Å². The molecule has 0 spiro atoms. The molecule has 1 unspecified atom stereocenters. The number of halogens is 1. The summed E-state index contributed by atoms with van der Waals surface area (Å²) in [6.45, 7) is 3.20. The second-order valence-corrected chi connectivity index (χ2v) is 6.35. The molecule has 1 saturated carbocycles. The molecule has 0 radical (unpaired) electrons. The van der Waals surface area contributed by atoms with Crippen LogP contribution in [-0.2, 0) is 0 Å². The highest BCUT2D eigenvalue weighted by Crippen LogP contribution is 2.42. The summed E-state index contributed by atoms with van der Waals surface area (Å²) in [6.07, 6.45) is 2.45. The molecule has 1 aromatic rings. The minimum atomic E-state index is -0.123. The van der Waals surface area contributed by atoms with E-state index in [-0.39, 0.29) is 12.1 Å². The van der Waals surface area contributed by atoms with Gasteiger partial charge in [0.05, 0.1) is 12.1 Å². The highest BCUT2D eigenvalue weighted by atomic mass is 35.5. The minimum absolute atomic E-state index is 0.123. The smallest absolute Gasteiger partial charge is 0.0624 e. The molecule has 0 aromatic heterocycles. The van der Waals surface area contributed by atoms with Crippen LogP contribution < -0.4 is 5.32 Å². The van der Waals surface area contributed by atoms with Crippen molar-refractivity contribution in [1.82, 2.24) is 5.32 Å². The lowest BCUT2D eigenvalue weighted by Gasteiger charge is -2.33. The van der Waals surface area contributed by atoms with Gasteiger partial charge in [-0.1, -0.05) is 24.6 Å². The van der Waals surface area contributed by atoms with Crippen LogP contribution in [0.5, 0.6) is 0 Å². The molecule has 0 saturated heterocycles. The Balaban J connectivity index is 2.01. The summed E-state index contributed by atoms with van der Waals surface area (Å²) in [4.78, 5) is 1.17. The van der Waals surface area contributed by atoms with Crippen LogP contribution in [0.25, 0.3) is 0 Å². The Bertz CT molecular complexity index is 397. The van der Waals surface area contributed by atoms with Crippen LogP contribution in [0.2, 0.25) is 5.02 Å². The lowest BCUT2D eigenvalue weighted by atomic mass is 9.97. The van der Waals surface area contributed by atoms with Crippen molar-refractivity contribution in [3.05, 3.63) is 29.3 Å². The van der Waals surface area contributed by atoms with Crippen LogP contribution in [0.1, 0.15) is 19.8 Å². The summed E-state index contributed by atoms with van der Waals surface area (Å²) in [5.41, 5.74) is -0.123. The normalized spacial score (nSPS) is 18.6. The Morgan fingerprint density at radius 1 is 1.50 bits per heavy atom. The molecule has 1 fully saturated rings. The van der Waals surface area contributed by atoms with Crippen LogP contribution in [0.15, 0.2) is 29.2 Å². The molecule has 18 heavy (non-hydrogen) atoms. The largest absolute Gasteiger partial charge is 0.394 e. The third-order valence-electron chi connectivity index (χ3n) is 3.46. The average molecular weight is 286 g/mol. The number of hydrogen-bond donors (Lipinski definition) is 2. The zero-order chi connectivity index (χ0) is 13.0. The van der Waals surface area contributed by atoms with Crippen molar-refractivity contribution < 1.29 is 5.11 Å². The first-order valence-electron chi connectivity index (χ1n) is 6.44. The number of thioether (sulfide) groups is 1. The maximum Gasteiger partial charge on any atom is 0.0624 e. The van der Waals surface area contributed by atoms with E-state index < -0.39 is 0 Å². The van der Waals surface area contributed by atoms with Gasteiger partial charge in [0.2, 0.25) is 0 Å². The van der Waals surface area contributed by atoms with Gasteiger partial charge in [-0.15, -0.1) is 11.8 Å². The highest BCUT2D eigenvalue weighted by molar-refractivity contribution is 7.99. The molecule has 100 valence electrons. The topological polar surface area (TPSA) is 32.3 Å². The fourth-order valence-corrected chi connectivity index (χ4v) is 3.79. The summed E-state index contributed by atoms with van der Waals surface area (Å²) in [5.74, 6) is 1.51. The SMILES string of the molecule is CCNC(CO)(CSc1cccc(Cl)c1)C1CC1. The second-order valence-electron chi connectivity index (χ2n) is 4.86. The quantitative estimate of drug-likeness (QED) is 0.755. The number of nitrogens with one attached hydrogen (secondary N) is 1. The van der Waals surface area contributed by atoms with Crippen molar-refractivity contribution in [1.29, 1.82) is 0 Å². The number of aliphatic hydroxyl groups is 1. The molecule has 2 nitrogen and oxygen atoms in total. The molecular formula is C14H20ClNOS. The Morgan fingerprint density at radius 3 is 2.83 bits per heavy atom. The van der Waals surface area contributed by atoms with Crippen LogP contribution in [0.3, 0.4) is 0 Å². The number of rotatable bonds is 7. The summed E-state index contributed by atoms with van der Waals surface area (Å²) < 4.78 is 0. The average Bonchev–Trinajstić information content (AvgIpc) is 3.19. The summed E-state index contributed by atoms with van der Waals surface area (Å²) in [6, 6.07) is 7.90. The van der Waals surface area contributed by atoms with Crippen LogP contribution >= 0.6 is 23.4 Å². The van der Waals surface area contributed by atoms with E-state index in [9.17, 15) is 5.11 Å². The lowest BCUT2D eigenvalue weighted by molar-refractivity contribution is 0.161. The Hall–Kier alpha value is -0.220. The van der Waals surface area contributed by atoms with Gasteiger partial charge in [0.25, 0.3) is 0 Å². The third-order valence-corrected chi connectivity index (χ3v) is 4.94. The zero-order valence-electron chi connectivity index (χ0n) is 10.7. The molecule has 0 aliphatic heterocycles. The molecule has 0 heterocycles. The van der Waals surface area contributed by atoms with Gasteiger partial charge in [0, 0.05) is 15.7 Å². The maximum atomic E-state index is 9.75. The first-order chi connectivity index (χ1) is 8.70. The molecule has 0 bridgehead atoms. The third kappa shape index (κ3) is 3.41. The van der Waals surface area contributed by atoms with Gasteiger partial charge in [-0.2, -0.15) is 0 Å². The van der Waals surface area contributed by atoms with Crippen LogP contribution in [0.4, 0.5) is 0 Å². The highest BCUT2D eigenvalue weighted by Gasteiger charge is 2.44. The number of hydrogen-bond acceptors (Lipinski definition) is 3. The molecule has 1 aliphatic rings. The Morgan fingerprint density at radius 2 is 2.28 bits per heavy atom. The van der Waals surface area contributed by atoms with Crippen LogP contribution in [-0.4, -0.2) is 29.5 Å². The molecular weight excluding hydrogens is 266 g/mol. The van der Waals surface area contributed by atoms with Crippen LogP contribution in [0, 0.1) is 5.92 Å². The first kappa shape index (κ1) is 14.2. The van der Waals surface area contributed by atoms with Gasteiger partial charge >= 0.3 is 0 Å². The van der Waals surface area contributed by atoms with Gasteiger partial charge in [0.1, 0.15) is 0 Å². The monoisotopic (exact) mass is 285 g/mol. The van der Waals surface area contributed by atoms with Gasteiger partial charge < -0.3 is 10.4 Å². The van der Waals surface area contributed by atoms with E-state index in [0.717, 1.165) is 17.3 Å². The Labute approximate surface area is 118 Å². The molecule has 2 rings (SSSR count). The standard InChI is InChI=1S/C14H20ClNOS/c1-2-16-14(9-17,11-6-7-11)10-18-13-5-3-4-12(15)8-13/h3-5,8,11,16-17H,2,6-7,9-10H2,1H3. The van der Waals surface area contributed by atoms with E-state index in [4.69, 9.17) is 11.6 Å². The molecule has 2 N–H and O–H groups in total. The van der Waals surface area contributed by atoms with Crippen molar-refractivity contribution in [3.63, 3.8) is 0 Å². The first-order valence-corrected chi connectivity index (χ1v) is 7.81. The maximum absolute atomic E-state index is 9.75. The fourth-order valence-electron chi connectivity index (χ4n) is 2.30. The van der Waals surface area contributed by atoms with E-state index in [2.05, 4.69) is 18.3 Å². The van der Waals surface area contributed by atoms with Crippen molar-refractivity contribution in [2.24, 2.45) is 5.92 Å². The molecule has 1 atom stereocenters. The van der Waals surface area contributed by atoms with Crippen molar-refractivity contribution >= 4 is 23.4 Å². The number of benzene rings is 1. The summed E-state index contributed by atoms with van der Waals surface area (Å²) in [5, 5.41) is 14.0. The number of likely N-dealkylation sites (N-methyl/N-ethyl adjacent to an activating group) is 1. The van der Waals surface area contributed by atoms with E-state index in [1.807, 2.05) is 18.2 Å². The summed E-state index contributed by atoms with van der Waals surface area (Å²) >= 11 is 7.75. The Kier molecular flexibility index (Phi) is 4.96. The minimum Gasteiger partial charge on any atom is -0.394 e. The predicted octanol–water partition coefficient (Wildman–Crippen LogP) is 3.18. The second kappa shape index (κ2) is 6.29. The van der Waals surface area contributed by atoms with Gasteiger partial charge in [0.15, 0.2) is 0 Å². The van der Waals surface area contributed by atoms with E-state index in [1.54, 1.807) is 11.8 Å². The van der Waals surface area contributed by atoms with E-state index in [0.29, 0.717) is 5.92 Å². The van der Waals surface area contributed by atoms with Crippen molar-refractivity contribution in [2.75, 3.05) is 18.9 Å². The van der Waals surface area contributed by atoms with Gasteiger partial charge in [-0.25, -0.2) is 0 Å². The fraction of sp³-hybridized carbons (Fsp3) is 0.571. The van der Waals surface area contributed by atoms with Gasteiger partial charge in [-0.3, -0.25) is 0 Å². The number of aliphatic hydroxyl groups excluding tert-OH is 1. The van der Waals surface area contributed by atoms with Crippen molar-refractivity contribution in [2.45, 2.75) is 30.2 Å². The lowest BCUT2D eigenvalue weighted by Crippen LogP contribution is -2.52. The van der Waals surface area contributed by atoms with Crippen molar-refractivity contribution in [3.8, 4) is 0 Å². The summed E-state index contributed by atoms with van der Waals surface area (Å²) in [7, 11) is 0. The van der Waals surface area contributed by atoms with E-state index in [1.165, 1.54) is 17.7 Å². The van der Waals surface area contributed by atoms with Gasteiger partial charge in [-0.05, 0) is 43.5 Å². The molecule has 0 amide bonds. The molecule has 4 heteroatoms.